The molecule has 1 aromatic rings. The van der Waals surface area contributed by atoms with Gasteiger partial charge >= 0.3 is 0 Å². The van der Waals surface area contributed by atoms with Crippen LogP contribution in [0.4, 0.5) is 0 Å². The largest absolute Gasteiger partial charge is 0.340 e. The molecule has 1 amide bonds. The van der Waals surface area contributed by atoms with Gasteiger partial charge in [-0.1, -0.05) is 30.9 Å². The van der Waals surface area contributed by atoms with E-state index in [1.807, 2.05) is 24.1 Å². The molecular weight excluding hydrogens is 254 g/mol. The highest BCUT2D eigenvalue weighted by molar-refractivity contribution is 7.16. The minimum absolute atomic E-state index is 0.254. The van der Waals surface area contributed by atoms with Crippen molar-refractivity contribution in [3.63, 3.8) is 0 Å². The van der Waals surface area contributed by atoms with Gasteiger partial charge in [0.15, 0.2) is 0 Å². The van der Waals surface area contributed by atoms with E-state index in [4.69, 9.17) is 11.6 Å². The predicted molar refractivity (Wildman–Crippen MR) is 72.4 cm³/mol. The normalized spacial score (nSPS) is 17.1. The van der Waals surface area contributed by atoms with Crippen LogP contribution in [0.3, 0.4) is 0 Å². The van der Waals surface area contributed by atoms with Crippen LogP contribution in [0.2, 0.25) is 4.34 Å². The summed E-state index contributed by atoms with van der Waals surface area (Å²) in [7, 11) is 1.89. The third kappa shape index (κ3) is 3.46. The average Bonchev–Trinajstić information content (AvgIpc) is 2.75. The fourth-order valence-corrected chi connectivity index (χ4v) is 3.55. The van der Waals surface area contributed by atoms with Crippen LogP contribution in [-0.4, -0.2) is 17.9 Å². The monoisotopic (exact) mass is 271 g/mol. The van der Waals surface area contributed by atoms with Crippen molar-refractivity contribution in [3.05, 3.63) is 21.3 Å². The Morgan fingerprint density at radius 2 is 2.12 bits per heavy atom. The zero-order valence-corrected chi connectivity index (χ0v) is 11.7. The van der Waals surface area contributed by atoms with Crippen molar-refractivity contribution in [2.24, 2.45) is 5.92 Å². The summed E-state index contributed by atoms with van der Waals surface area (Å²) >= 11 is 7.44. The van der Waals surface area contributed by atoms with Crippen molar-refractivity contribution in [3.8, 4) is 0 Å². The van der Waals surface area contributed by atoms with E-state index in [1.165, 1.54) is 19.3 Å². The molecule has 1 saturated carbocycles. The molecule has 0 unspecified atom stereocenters. The van der Waals surface area contributed by atoms with Crippen LogP contribution in [0.5, 0.6) is 0 Å². The van der Waals surface area contributed by atoms with Gasteiger partial charge < -0.3 is 4.90 Å². The molecular formula is C13H18ClNOS. The van der Waals surface area contributed by atoms with Crippen molar-refractivity contribution in [1.82, 2.24) is 4.90 Å². The second-order valence-electron chi connectivity index (χ2n) is 4.74. The van der Waals surface area contributed by atoms with Gasteiger partial charge in [-0.25, -0.2) is 0 Å². The van der Waals surface area contributed by atoms with Crippen LogP contribution in [0, 0.1) is 5.92 Å². The Bertz CT molecular complexity index is 385. The Hall–Kier alpha value is -0.540. The molecule has 0 radical (unpaired) electrons. The summed E-state index contributed by atoms with van der Waals surface area (Å²) in [5.74, 6) is 0.554. The van der Waals surface area contributed by atoms with Gasteiger partial charge in [0.25, 0.3) is 0 Å². The van der Waals surface area contributed by atoms with Crippen LogP contribution in [0.15, 0.2) is 12.1 Å². The fourth-order valence-electron chi connectivity index (χ4n) is 2.41. The highest BCUT2D eigenvalue weighted by atomic mass is 35.5. The minimum atomic E-state index is 0.254. The second kappa shape index (κ2) is 5.87. The maximum atomic E-state index is 12.2. The van der Waals surface area contributed by atoms with E-state index < -0.39 is 0 Å². The molecule has 0 atom stereocenters. The molecule has 0 aromatic carbocycles. The fraction of sp³-hybridized carbons (Fsp3) is 0.615. The second-order valence-corrected chi connectivity index (χ2v) is 6.53. The first-order valence-corrected chi connectivity index (χ1v) is 7.35. The number of thiophene rings is 1. The van der Waals surface area contributed by atoms with E-state index in [0.717, 1.165) is 22.1 Å². The van der Waals surface area contributed by atoms with Crippen molar-refractivity contribution in [1.29, 1.82) is 0 Å². The lowest BCUT2D eigenvalue weighted by molar-refractivity contribution is -0.135. The van der Waals surface area contributed by atoms with Crippen LogP contribution in [-0.2, 0) is 11.3 Å². The molecule has 4 heteroatoms. The SMILES string of the molecule is CN(Cc1ccc(Cl)s1)C(=O)C1CCCCC1. The highest BCUT2D eigenvalue weighted by Crippen LogP contribution is 2.27. The number of halogens is 1. The first-order chi connectivity index (χ1) is 8.16. The zero-order chi connectivity index (χ0) is 12.3. The van der Waals surface area contributed by atoms with Gasteiger partial charge in [0.2, 0.25) is 5.91 Å². The van der Waals surface area contributed by atoms with E-state index in [1.54, 1.807) is 11.3 Å². The van der Waals surface area contributed by atoms with Crippen molar-refractivity contribution in [2.75, 3.05) is 7.05 Å². The van der Waals surface area contributed by atoms with E-state index >= 15 is 0 Å². The standard InChI is InChI=1S/C13H18ClNOS/c1-15(9-11-7-8-12(14)17-11)13(16)10-5-3-2-4-6-10/h7-8,10H,2-6,9H2,1H3. The molecule has 17 heavy (non-hydrogen) atoms. The number of carbonyl (C=O) groups excluding carboxylic acids is 1. The number of hydrogen-bond donors (Lipinski definition) is 0. The number of hydrogen-bond acceptors (Lipinski definition) is 2. The zero-order valence-electron chi connectivity index (χ0n) is 10.1. The van der Waals surface area contributed by atoms with E-state index in [2.05, 4.69) is 0 Å². The quantitative estimate of drug-likeness (QED) is 0.815. The molecule has 1 fully saturated rings. The Balaban J connectivity index is 1.90. The summed E-state index contributed by atoms with van der Waals surface area (Å²) in [4.78, 5) is 15.2. The highest BCUT2D eigenvalue weighted by Gasteiger charge is 2.24. The first kappa shape index (κ1) is 12.9. The Morgan fingerprint density at radius 1 is 1.41 bits per heavy atom. The summed E-state index contributed by atoms with van der Waals surface area (Å²) in [5.41, 5.74) is 0. The van der Waals surface area contributed by atoms with Gasteiger partial charge in [0.1, 0.15) is 0 Å². The third-order valence-corrected chi connectivity index (χ3v) is 4.57. The van der Waals surface area contributed by atoms with Crippen molar-refractivity contribution >= 4 is 28.8 Å². The van der Waals surface area contributed by atoms with Gasteiger partial charge in [-0.2, -0.15) is 0 Å². The lowest BCUT2D eigenvalue weighted by atomic mass is 9.88. The lowest BCUT2D eigenvalue weighted by Gasteiger charge is -2.26. The summed E-state index contributed by atoms with van der Waals surface area (Å²) in [6.07, 6.45) is 5.82. The van der Waals surface area contributed by atoms with Gasteiger partial charge in [0.05, 0.1) is 10.9 Å². The molecule has 0 N–H and O–H groups in total. The predicted octanol–water partition coefficient (Wildman–Crippen LogP) is 3.94. The number of carbonyl (C=O) groups is 1. The lowest BCUT2D eigenvalue weighted by Crippen LogP contribution is -2.33. The maximum Gasteiger partial charge on any atom is 0.225 e. The van der Waals surface area contributed by atoms with E-state index in [0.29, 0.717) is 12.5 Å². The van der Waals surface area contributed by atoms with Crippen molar-refractivity contribution in [2.45, 2.75) is 38.6 Å². The van der Waals surface area contributed by atoms with E-state index in [-0.39, 0.29) is 5.92 Å². The third-order valence-electron chi connectivity index (χ3n) is 3.35. The average molecular weight is 272 g/mol. The molecule has 1 heterocycles. The molecule has 94 valence electrons. The van der Waals surface area contributed by atoms with Crippen LogP contribution in [0.25, 0.3) is 0 Å². The number of nitrogens with zero attached hydrogens (tertiary/aromatic N) is 1. The summed E-state index contributed by atoms with van der Waals surface area (Å²) in [5, 5.41) is 0. The van der Waals surface area contributed by atoms with Crippen LogP contribution in [0.1, 0.15) is 37.0 Å². The molecule has 0 aliphatic heterocycles. The maximum absolute atomic E-state index is 12.2. The molecule has 0 spiro atoms. The topological polar surface area (TPSA) is 20.3 Å². The molecule has 1 aromatic heterocycles. The van der Waals surface area contributed by atoms with Crippen LogP contribution >= 0.6 is 22.9 Å². The van der Waals surface area contributed by atoms with Gasteiger partial charge in [-0.05, 0) is 25.0 Å². The first-order valence-electron chi connectivity index (χ1n) is 6.16. The smallest absolute Gasteiger partial charge is 0.225 e. The minimum Gasteiger partial charge on any atom is -0.340 e. The summed E-state index contributed by atoms with van der Waals surface area (Å²) < 4.78 is 0.790. The summed E-state index contributed by atoms with van der Waals surface area (Å²) in [6.45, 7) is 0.687. The number of amides is 1. The summed E-state index contributed by atoms with van der Waals surface area (Å²) in [6, 6.07) is 3.89. The van der Waals surface area contributed by atoms with Gasteiger partial charge in [-0.3, -0.25) is 4.79 Å². The molecule has 1 aliphatic rings. The number of rotatable bonds is 3. The van der Waals surface area contributed by atoms with Crippen molar-refractivity contribution < 1.29 is 4.79 Å². The molecule has 1 aliphatic carbocycles. The van der Waals surface area contributed by atoms with Crippen LogP contribution < -0.4 is 0 Å². The molecule has 2 rings (SSSR count). The molecule has 0 saturated heterocycles. The Kier molecular flexibility index (Phi) is 4.46. The van der Waals surface area contributed by atoms with E-state index in [9.17, 15) is 4.79 Å². The molecule has 2 nitrogen and oxygen atoms in total. The molecule has 0 bridgehead atoms. The van der Waals surface area contributed by atoms with Gasteiger partial charge in [-0.15, -0.1) is 11.3 Å². The van der Waals surface area contributed by atoms with Gasteiger partial charge in [0, 0.05) is 17.8 Å². The Morgan fingerprint density at radius 3 is 2.71 bits per heavy atom. The Labute approximate surface area is 112 Å².